The van der Waals surface area contributed by atoms with Gasteiger partial charge in [0.25, 0.3) is 0 Å². The summed E-state index contributed by atoms with van der Waals surface area (Å²) in [5, 5.41) is 12.1. The van der Waals surface area contributed by atoms with E-state index in [-0.39, 0.29) is 17.3 Å². The minimum absolute atomic E-state index is 0.0493. The lowest BCUT2D eigenvalue weighted by molar-refractivity contribution is -0.141. The van der Waals surface area contributed by atoms with Crippen molar-refractivity contribution in [3.05, 3.63) is 0 Å². The van der Waals surface area contributed by atoms with Crippen LogP contribution in [0.15, 0.2) is 0 Å². The van der Waals surface area contributed by atoms with Gasteiger partial charge in [-0.05, 0) is 12.3 Å². The van der Waals surface area contributed by atoms with Crippen molar-refractivity contribution in [2.45, 2.75) is 57.9 Å². The van der Waals surface area contributed by atoms with Crippen LogP contribution in [0.5, 0.6) is 0 Å². The van der Waals surface area contributed by atoms with Crippen LogP contribution in [-0.4, -0.2) is 45.7 Å². The predicted molar refractivity (Wildman–Crippen MR) is 81.9 cm³/mol. The summed E-state index contributed by atoms with van der Waals surface area (Å²) in [6.45, 7) is 6.80. The first-order valence-corrected chi connectivity index (χ1v) is 8.44. The van der Waals surface area contributed by atoms with Gasteiger partial charge in [0.2, 0.25) is 0 Å². The first-order chi connectivity index (χ1) is 9.49. The zero-order chi connectivity index (χ0) is 15.1. The Morgan fingerprint density at radius 3 is 2.60 bits per heavy atom. The molecule has 116 valence electrons. The molecule has 0 saturated carbocycles. The first kappa shape index (κ1) is 17.1. The monoisotopic (exact) mass is 302 g/mol. The molecular formula is C14H26N2O3S. The maximum Gasteiger partial charge on any atom is 0.327 e. The molecule has 1 heterocycles. The van der Waals surface area contributed by atoms with Crippen molar-refractivity contribution in [2.75, 3.05) is 12.3 Å². The van der Waals surface area contributed by atoms with E-state index in [4.69, 9.17) is 0 Å². The van der Waals surface area contributed by atoms with E-state index in [1.54, 1.807) is 11.8 Å². The standard InChI is InChI=1S/C14H26N2O3S/c1-4-5-6-7-8-15-14(19)16-11(13(17)18)9-20-12(16)10(2)3/h10-12H,4-9H2,1-3H3,(H,15,19)(H,17,18). The number of carboxylic acid groups (broad SMARTS) is 1. The molecule has 0 aromatic heterocycles. The van der Waals surface area contributed by atoms with Crippen LogP contribution < -0.4 is 5.32 Å². The Bertz CT molecular complexity index is 336. The molecule has 2 N–H and O–H groups in total. The quantitative estimate of drug-likeness (QED) is 0.710. The maximum absolute atomic E-state index is 12.2. The minimum atomic E-state index is -0.915. The number of thioether (sulfide) groups is 1. The van der Waals surface area contributed by atoms with Gasteiger partial charge in [0.1, 0.15) is 6.04 Å². The molecule has 20 heavy (non-hydrogen) atoms. The SMILES string of the molecule is CCCCCCNC(=O)N1C(C(=O)O)CSC1C(C)C. The number of hydrogen-bond acceptors (Lipinski definition) is 3. The molecule has 1 saturated heterocycles. The highest BCUT2D eigenvalue weighted by atomic mass is 32.2. The Hall–Kier alpha value is -0.910. The molecule has 0 spiro atoms. The van der Waals surface area contributed by atoms with E-state index in [0.29, 0.717) is 12.3 Å². The normalized spacial score (nSPS) is 22.3. The summed E-state index contributed by atoms with van der Waals surface area (Å²) in [5.41, 5.74) is 0. The van der Waals surface area contributed by atoms with E-state index in [1.165, 1.54) is 11.3 Å². The molecular weight excluding hydrogens is 276 g/mol. The van der Waals surface area contributed by atoms with Gasteiger partial charge in [0.05, 0.1) is 5.37 Å². The summed E-state index contributed by atoms with van der Waals surface area (Å²) in [4.78, 5) is 25.0. The van der Waals surface area contributed by atoms with E-state index >= 15 is 0 Å². The number of urea groups is 1. The summed E-state index contributed by atoms with van der Waals surface area (Å²) in [6, 6.07) is -0.944. The molecule has 0 radical (unpaired) electrons. The third-order valence-corrected chi connectivity index (χ3v) is 5.05. The van der Waals surface area contributed by atoms with Crippen LogP contribution in [0.3, 0.4) is 0 Å². The number of rotatable bonds is 7. The van der Waals surface area contributed by atoms with Crippen LogP contribution in [0, 0.1) is 5.92 Å². The summed E-state index contributed by atoms with van der Waals surface area (Å²) in [6.07, 6.45) is 4.38. The lowest BCUT2D eigenvalue weighted by atomic mass is 10.1. The molecule has 1 fully saturated rings. The predicted octanol–water partition coefficient (Wildman–Crippen LogP) is 2.76. The molecule has 2 amide bonds. The van der Waals surface area contributed by atoms with Gasteiger partial charge in [-0.15, -0.1) is 11.8 Å². The average Bonchev–Trinajstić information content (AvgIpc) is 2.83. The molecule has 0 aliphatic carbocycles. The molecule has 1 rings (SSSR count). The number of carbonyl (C=O) groups is 2. The topological polar surface area (TPSA) is 69.6 Å². The van der Waals surface area contributed by atoms with Crippen molar-refractivity contribution in [3.63, 3.8) is 0 Å². The number of nitrogens with zero attached hydrogens (tertiary/aromatic N) is 1. The Labute approximate surface area is 125 Å². The smallest absolute Gasteiger partial charge is 0.327 e. The molecule has 0 aromatic rings. The van der Waals surface area contributed by atoms with Crippen molar-refractivity contribution in [3.8, 4) is 0 Å². The number of carboxylic acids is 1. The third-order valence-electron chi connectivity index (χ3n) is 3.43. The Balaban J connectivity index is 2.53. The van der Waals surface area contributed by atoms with Gasteiger partial charge in [-0.3, -0.25) is 4.90 Å². The first-order valence-electron chi connectivity index (χ1n) is 7.39. The lowest BCUT2D eigenvalue weighted by Gasteiger charge is -2.29. The van der Waals surface area contributed by atoms with Crippen molar-refractivity contribution in [2.24, 2.45) is 5.92 Å². The second-order valence-corrected chi connectivity index (χ2v) is 6.67. The lowest BCUT2D eigenvalue weighted by Crippen LogP contribution is -2.51. The van der Waals surface area contributed by atoms with E-state index in [9.17, 15) is 14.7 Å². The summed E-state index contributed by atoms with van der Waals surface area (Å²) in [7, 11) is 0. The van der Waals surface area contributed by atoms with Gasteiger partial charge in [0.15, 0.2) is 0 Å². The Morgan fingerprint density at radius 2 is 2.05 bits per heavy atom. The summed E-state index contributed by atoms with van der Waals surface area (Å²) >= 11 is 1.55. The van der Waals surface area contributed by atoms with E-state index in [1.807, 2.05) is 13.8 Å². The van der Waals surface area contributed by atoms with E-state index in [2.05, 4.69) is 12.2 Å². The largest absolute Gasteiger partial charge is 0.480 e. The zero-order valence-corrected chi connectivity index (χ0v) is 13.4. The molecule has 6 heteroatoms. The van der Waals surface area contributed by atoms with Gasteiger partial charge in [-0.1, -0.05) is 40.0 Å². The molecule has 1 aliphatic heterocycles. The van der Waals surface area contributed by atoms with Crippen LogP contribution in [0.4, 0.5) is 4.79 Å². The van der Waals surface area contributed by atoms with Crippen molar-refractivity contribution >= 4 is 23.8 Å². The molecule has 1 aliphatic rings. The number of hydrogen-bond donors (Lipinski definition) is 2. The van der Waals surface area contributed by atoms with Gasteiger partial charge in [0, 0.05) is 12.3 Å². The molecule has 2 atom stereocenters. The average molecular weight is 302 g/mol. The number of aliphatic carboxylic acids is 1. The molecule has 0 aromatic carbocycles. The minimum Gasteiger partial charge on any atom is -0.480 e. The van der Waals surface area contributed by atoms with Gasteiger partial charge < -0.3 is 10.4 Å². The number of nitrogens with one attached hydrogen (secondary N) is 1. The van der Waals surface area contributed by atoms with Crippen molar-refractivity contribution < 1.29 is 14.7 Å². The Kier molecular flexibility index (Phi) is 7.19. The molecule has 2 unspecified atom stereocenters. The number of carbonyl (C=O) groups excluding carboxylic acids is 1. The molecule has 0 bridgehead atoms. The fourth-order valence-electron chi connectivity index (χ4n) is 2.33. The molecule has 5 nitrogen and oxygen atoms in total. The van der Waals surface area contributed by atoms with Gasteiger partial charge in [-0.2, -0.15) is 0 Å². The highest BCUT2D eigenvalue weighted by Crippen LogP contribution is 2.33. The second-order valence-electron chi connectivity index (χ2n) is 5.52. The van der Waals surface area contributed by atoms with Crippen LogP contribution in [0.2, 0.25) is 0 Å². The fourth-order valence-corrected chi connectivity index (χ4v) is 3.80. The third kappa shape index (κ3) is 4.58. The van der Waals surface area contributed by atoms with Gasteiger partial charge >= 0.3 is 12.0 Å². The Morgan fingerprint density at radius 1 is 1.35 bits per heavy atom. The number of unbranched alkanes of at least 4 members (excludes halogenated alkanes) is 3. The fraction of sp³-hybridized carbons (Fsp3) is 0.857. The van der Waals surface area contributed by atoms with Crippen molar-refractivity contribution in [1.29, 1.82) is 0 Å². The second kappa shape index (κ2) is 8.39. The van der Waals surface area contributed by atoms with Crippen LogP contribution in [0.1, 0.15) is 46.5 Å². The van der Waals surface area contributed by atoms with Crippen LogP contribution in [-0.2, 0) is 4.79 Å². The van der Waals surface area contributed by atoms with Crippen LogP contribution in [0.25, 0.3) is 0 Å². The van der Waals surface area contributed by atoms with E-state index < -0.39 is 12.0 Å². The highest BCUT2D eigenvalue weighted by Gasteiger charge is 2.42. The van der Waals surface area contributed by atoms with Gasteiger partial charge in [-0.25, -0.2) is 9.59 Å². The maximum atomic E-state index is 12.2. The van der Waals surface area contributed by atoms with E-state index in [0.717, 1.165) is 19.3 Å². The van der Waals surface area contributed by atoms with Crippen molar-refractivity contribution in [1.82, 2.24) is 10.2 Å². The summed E-state index contributed by atoms with van der Waals surface area (Å²) < 4.78 is 0. The summed E-state index contributed by atoms with van der Waals surface area (Å²) in [5.74, 6) is -0.196. The van der Waals surface area contributed by atoms with Crippen LogP contribution >= 0.6 is 11.8 Å². The number of amides is 2. The highest BCUT2D eigenvalue weighted by molar-refractivity contribution is 8.00. The zero-order valence-electron chi connectivity index (χ0n) is 12.6.